The highest BCUT2D eigenvalue weighted by Crippen LogP contribution is 2.23. The molecule has 7 nitrogen and oxygen atoms in total. The minimum Gasteiger partial charge on any atom is -0.464 e. The molecule has 1 heterocycles. The van der Waals surface area contributed by atoms with Crippen LogP contribution < -0.4 is 5.32 Å². The third kappa shape index (κ3) is 6.64. The van der Waals surface area contributed by atoms with E-state index >= 15 is 0 Å². The smallest absolute Gasteiger partial charge is 0.416 e. The average molecular weight is 437 g/mol. The van der Waals surface area contributed by atoms with Gasteiger partial charge in [-0.05, 0) is 25.0 Å². The summed E-state index contributed by atoms with van der Waals surface area (Å²) in [6.07, 6.45) is 0.968. The molecule has 0 fully saturated rings. The Morgan fingerprint density at radius 1 is 1.07 bits per heavy atom. The number of amides is 1. The maximum Gasteiger partial charge on any atom is 0.416 e. The lowest BCUT2D eigenvalue weighted by Crippen LogP contribution is -2.40. The van der Waals surface area contributed by atoms with Crippen molar-refractivity contribution in [1.29, 1.82) is 0 Å². The normalized spacial score (nSPS) is 12.1. The molecule has 0 unspecified atom stereocenters. The van der Waals surface area contributed by atoms with Crippen molar-refractivity contribution in [3.05, 3.63) is 36.0 Å². The topological polar surface area (TPSA) is 105 Å². The Morgan fingerprint density at radius 2 is 1.66 bits per heavy atom. The van der Waals surface area contributed by atoms with Crippen molar-refractivity contribution in [2.75, 3.05) is 11.5 Å². The van der Waals surface area contributed by atoms with E-state index in [0.29, 0.717) is 23.4 Å². The number of hydrogen-bond acceptors (Lipinski definition) is 6. The molecule has 0 bridgehead atoms. The van der Waals surface area contributed by atoms with Gasteiger partial charge >= 0.3 is 6.09 Å². The van der Waals surface area contributed by atoms with E-state index in [9.17, 15) is 24.3 Å². The van der Waals surface area contributed by atoms with Crippen molar-refractivity contribution in [1.82, 2.24) is 9.88 Å². The van der Waals surface area contributed by atoms with Crippen molar-refractivity contribution < 1.29 is 24.3 Å². The third-order valence-corrected chi connectivity index (χ3v) is 6.21. The molecule has 2 aromatic rings. The van der Waals surface area contributed by atoms with Crippen LogP contribution >= 0.6 is 23.5 Å². The van der Waals surface area contributed by atoms with E-state index in [2.05, 4.69) is 5.32 Å². The molecule has 29 heavy (non-hydrogen) atoms. The zero-order valence-corrected chi connectivity index (χ0v) is 18.1. The average Bonchev–Trinajstić information content (AvgIpc) is 3.00. The van der Waals surface area contributed by atoms with E-state index < -0.39 is 12.0 Å². The number of carbonyl (C=O) groups is 4. The molecule has 156 valence electrons. The molecule has 0 saturated carbocycles. The molecular formula is C20H24N2O5S2. The van der Waals surface area contributed by atoms with E-state index in [4.69, 9.17) is 0 Å². The minimum absolute atomic E-state index is 0.0786. The summed E-state index contributed by atoms with van der Waals surface area (Å²) < 4.78 is 1.18. The number of nitrogens with one attached hydrogen (secondary N) is 1. The van der Waals surface area contributed by atoms with Gasteiger partial charge in [-0.3, -0.25) is 19.0 Å². The largest absolute Gasteiger partial charge is 0.464 e. The van der Waals surface area contributed by atoms with Gasteiger partial charge in [0, 0.05) is 43.0 Å². The van der Waals surface area contributed by atoms with Crippen LogP contribution in [0.1, 0.15) is 26.3 Å². The van der Waals surface area contributed by atoms with E-state index in [1.165, 1.54) is 18.4 Å². The fraction of sp³-hybridized carbons (Fsp3) is 0.400. The first kappa shape index (κ1) is 23.0. The first-order valence-electron chi connectivity index (χ1n) is 9.08. The monoisotopic (exact) mass is 436 g/mol. The number of rotatable bonds is 8. The van der Waals surface area contributed by atoms with Crippen molar-refractivity contribution in [3.8, 4) is 0 Å². The first-order chi connectivity index (χ1) is 13.7. The number of carboxylic acid groups (broad SMARTS) is 1. The molecule has 0 aliphatic rings. The summed E-state index contributed by atoms with van der Waals surface area (Å²) in [6.45, 7) is 4.73. The molecule has 0 spiro atoms. The number of carbonyl (C=O) groups excluding carboxylic acids is 3. The highest BCUT2D eigenvalue weighted by Gasteiger charge is 2.23. The lowest BCUT2D eigenvalue weighted by atomic mass is 10.1. The zero-order valence-electron chi connectivity index (χ0n) is 16.5. The van der Waals surface area contributed by atoms with Crippen molar-refractivity contribution in [3.63, 3.8) is 0 Å². The minimum atomic E-state index is -1.06. The number of benzene rings is 1. The zero-order chi connectivity index (χ0) is 21.6. The molecule has 2 rings (SSSR count). The predicted octanol–water partition coefficient (Wildman–Crippen LogP) is 3.39. The van der Waals surface area contributed by atoms with Gasteiger partial charge in [-0.25, -0.2) is 4.79 Å². The van der Waals surface area contributed by atoms with Crippen LogP contribution in [0.5, 0.6) is 0 Å². The van der Waals surface area contributed by atoms with Crippen LogP contribution in [0, 0.1) is 5.92 Å². The fourth-order valence-corrected chi connectivity index (χ4v) is 4.51. The van der Waals surface area contributed by atoms with Gasteiger partial charge in [0.1, 0.15) is 0 Å². The third-order valence-electron chi connectivity index (χ3n) is 4.26. The number of hydrogen-bond donors (Lipinski definition) is 2. The number of para-hydroxylation sites is 1. The summed E-state index contributed by atoms with van der Waals surface area (Å²) in [5, 5.41) is 13.0. The quantitative estimate of drug-likeness (QED) is 0.653. The lowest BCUT2D eigenvalue weighted by molar-refractivity contribution is -0.124. The van der Waals surface area contributed by atoms with E-state index in [1.54, 1.807) is 18.3 Å². The highest BCUT2D eigenvalue weighted by molar-refractivity contribution is 8.14. The predicted molar refractivity (Wildman–Crippen MR) is 116 cm³/mol. The van der Waals surface area contributed by atoms with Crippen molar-refractivity contribution in [2.45, 2.75) is 33.2 Å². The molecule has 0 saturated heterocycles. The molecule has 9 heteroatoms. The summed E-state index contributed by atoms with van der Waals surface area (Å²) in [5.74, 6) is -0.0681. The molecule has 1 aromatic heterocycles. The van der Waals surface area contributed by atoms with Gasteiger partial charge in [0.15, 0.2) is 10.2 Å². The Kier molecular flexibility index (Phi) is 8.33. The molecule has 0 radical (unpaired) electrons. The number of nitrogens with zero attached hydrogens (tertiary/aromatic N) is 1. The van der Waals surface area contributed by atoms with Gasteiger partial charge in [-0.1, -0.05) is 41.7 Å². The summed E-state index contributed by atoms with van der Waals surface area (Å²) >= 11 is 2.13. The van der Waals surface area contributed by atoms with Crippen LogP contribution in [0.15, 0.2) is 30.5 Å². The van der Waals surface area contributed by atoms with Crippen molar-refractivity contribution >= 4 is 56.7 Å². The Hall–Kier alpha value is -2.26. The van der Waals surface area contributed by atoms with Crippen LogP contribution in [0.2, 0.25) is 0 Å². The fourth-order valence-electron chi connectivity index (χ4n) is 2.95. The van der Waals surface area contributed by atoms with Gasteiger partial charge < -0.3 is 10.4 Å². The van der Waals surface area contributed by atoms with Crippen molar-refractivity contribution in [2.24, 2.45) is 5.92 Å². The van der Waals surface area contributed by atoms with Gasteiger partial charge in [0.25, 0.3) is 0 Å². The lowest BCUT2D eigenvalue weighted by Gasteiger charge is -2.19. The van der Waals surface area contributed by atoms with E-state index in [0.717, 1.165) is 34.5 Å². The van der Waals surface area contributed by atoms with Crippen LogP contribution in [0.4, 0.5) is 4.79 Å². The highest BCUT2D eigenvalue weighted by atomic mass is 32.2. The second-order valence-electron chi connectivity index (χ2n) is 6.74. The molecule has 1 atom stereocenters. The van der Waals surface area contributed by atoms with E-state index in [-0.39, 0.29) is 22.2 Å². The molecular weight excluding hydrogens is 412 g/mol. The van der Waals surface area contributed by atoms with Crippen LogP contribution in [0.3, 0.4) is 0 Å². The molecule has 1 amide bonds. The maximum atomic E-state index is 12.7. The Morgan fingerprint density at radius 3 is 2.21 bits per heavy atom. The Labute approximate surface area is 177 Å². The second kappa shape index (κ2) is 10.5. The maximum absolute atomic E-state index is 12.7. The summed E-state index contributed by atoms with van der Waals surface area (Å²) in [7, 11) is 0. The number of fused-ring (bicyclic) bond motifs is 1. The first-order valence-corrected chi connectivity index (χ1v) is 11.1. The van der Waals surface area contributed by atoms with Crippen LogP contribution in [-0.4, -0.2) is 49.5 Å². The summed E-state index contributed by atoms with van der Waals surface area (Å²) in [6, 6.07) is 6.97. The molecule has 0 aliphatic heterocycles. The molecule has 2 N–H and O–H groups in total. The second-order valence-corrected chi connectivity index (χ2v) is 9.13. The van der Waals surface area contributed by atoms with Gasteiger partial charge in [0.2, 0.25) is 5.91 Å². The van der Waals surface area contributed by atoms with Crippen LogP contribution in [-0.2, 0) is 20.8 Å². The van der Waals surface area contributed by atoms with Gasteiger partial charge in [-0.2, -0.15) is 0 Å². The molecule has 0 aliphatic carbocycles. The Bertz CT molecular complexity index is 907. The molecule has 1 aromatic carbocycles. The SMILES string of the molecule is CC(=O)SCC(CSC(C)=O)C(=O)N[C@H](C)Cc1cn(C(=O)O)c2ccccc12. The summed E-state index contributed by atoms with van der Waals surface area (Å²) in [5.41, 5.74) is 1.42. The Balaban J connectivity index is 2.09. The van der Waals surface area contributed by atoms with Gasteiger partial charge in [0.05, 0.1) is 11.4 Å². The standard InChI is InChI=1S/C20H24N2O5S2/c1-12(21-19(25)16(10-28-13(2)23)11-29-14(3)24)8-15-9-22(20(26)27)18-7-5-4-6-17(15)18/h4-7,9,12,16H,8,10-11H2,1-3H3,(H,21,25)(H,26,27)/t12-/m1/s1. The van der Waals surface area contributed by atoms with Gasteiger partial charge in [-0.15, -0.1) is 0 Å². The summed E-state index contributed by atoms with van der Waals surface area (Å²) in [4.78, 5) is 46.7. The number of aromatic nitrogens is 1. The van der Waals surface area contributed by atoms with E-state index in [1.807, 2.05) is 19.1 Å². The van der Waals surface area contributed by atoms with Crippen LogP contribution in [0.25, 0.3) is 10.9 Å². The number of thioether (sulfide) groups is 2.